The first-order valence-electron chi connectivity index (χ1n) is 8.46. The number of imidazole rings is 1. The second kappa shape index (κ2) is 6.92. The molecule has 4 aromatic rings. The van der Waals surface area contributed by atoms with Gasteiger partial charge in [0, 0.05) is 24.6 Å². The molecule has 0 atom stereocenters. The highest BCUT2D eigenvalue weighted by atomic mass is 16.3. The molecule has 8 heteroatoms. The van der Waals surface area contributed by atoms with E-state index in [0.717, 1.165) is 5.56 Å². The van der Waals surface area contributed by atoms with Crippen LogP contribution in [0.2, 0.25) is 0 Å². The summed E-state index contributed by atoms with van der Waals surface area (Å²) in [6.45, 7) is 0.282. The van der Waals surface area contributed by atoms with Crippen molar-refractivity contribution in [2.75, 3.05) is 10.6 Å². The first-order chi connectivity index (χ1) is 13.5. The van der Waals surface area contributed by atoms with Crippen LogP contribution in [0.25, 0.3) is 5.69 Å². The van der Waals surface area contributed by atoms with E-state index in [1.165, 1.54) is 6.07 Å². The van der Waals surface area contributed by atoms with Gasteiger partial charge in [-0.3, -0.25) is 9.59 Å². The van der Waals surface area contributed by atoms with Crippen molar-refractivity contribution in [2.45, 2.75) is 6.54 Å². The second-order valence-electron chi connectivity index (χ2n) is 6.23. The fraction of sp³-hybridized carbons (Fsp3) is 0.0500. The van der Waals surface area contributed by atoms with Crippen LogP contribution < -0.4 is 21.5 Å². The molecule has 0 bridgehead atoms. The summed E-state index contributed by atoms with van der Waals surface area (Å²) in [4.78, 5) is 27.9. The zero-order valence-corrected chi connectivity index (χ0v) is 14.6. The lowest BCUT2D eigenvalue weighted by atomic mass is 10.1. The van der Waals surface area contributed by atoms with Gasteiger partial charge in [-0.15, -0.1) is 0 Å². The highest BCUT2D eigenvalue weighted by Gasteiger charge is 2.21. The molecule has 3 aromatic carbocycles. The minimum Gasteiger partial charge on any atom is -0.508 e. The molecule has 4 rings (SSSR count). The molecule has 0 unspecified atom stereocenters. The van der Waals surface area contributed by atoms with E-state index >= 15 is 0 Å². The quantitative estimate of drug-likeness (QED) is 0.301. The van der Waals surface area contributed by atoms with E-state index in [0.29, 0.717) is 11.4 Å². The van der Waals surface area contributed by atoms with E-state index in [-0.39, 0.29) is 29.4 Å². The van der Waals surface area contributed by atoms with E-state index in [2.05, 4.69) is 15.6 Å². The number of nitrogens with zero attached hydrogens (tertiary/aromatic N) is 2. The summed E-state index contributed by atoms with van der Waals surface area (Å²) in [5.41, 5.74) is 0.917. The highest BCUT2D eigenvalue weighted by molar-refractivity contribution is 5.79. The van der Waals surface area contributed by atoms with E-state index in [1.54, 1.807) is 59.7 Å². The van der Waals surface area contributed by atoms with Crippen LogP contribution in [0.15, 0.2) is 70.8 Å². The fourth-order valence-corrected chi connectivity index (χ4v) is 2.89. The average molecular weight is 376 g/mol. The molecule has 0 spiro atoms. The summed E-state index contributed by atoms with van der Waals surface area (Å²) < 4.78 is 1.63. The van der Waals surface area contributed by atoms with Crippen LogP contribution in [-0.4, -0.2) is 19.8 Å². The van der Waals surface area contributed by atoms with Gasteiger partial charge in [0.15, 0.2) is 0 Å². The smallest absolute Gasteiger partial charge is 0.253 e. The molecule has 1 heterocycles. The second-order valence-corrected chi connectivity index (χ2v) is 6.23. The topological polar surface area (TPSA) is 116 Å². The Morgan fingerprint density at radius 1 is 1.00 bits per heavy atom. The molecular formula is C20H16N4O4. The summed E-state index contributed by atoms with van der Waals surface area (Å²) in [6, 6.07) is 11.4. The van der Waals surface area contributed by atoms with Crippen LogP contribution in [0.1, 0.15) is 5.56 Å². The molecule has 0 aliphatic carbocycles. The number of hydrogen-bond acceptors (Lipinski definition) is 7. The summed E-state index contributed by atoms with van der Waals surface area (Å²) in [5.74, 6) is 0.176. The van der Waals surface area contributed by atoms with Crippen molar-refractivity contribution in [3.05, 3.63) is 87.2 Å². The Hall–Kier alpha value is -4.07. The number of phenols is 2. The lowest BCUT2D eigenvalue weighted by Gasteiger charge is -2.16. The molecule has 0 radical (unpaired) electrons. The summed E-state index contributed by atoms with van der Waals surface area (Å²) in [6.07, 6.45) is 4.80. The van der Waals surface area contributed by atoms with Crippen molar-refractivity contribution in [2.24, 2.45) is 0 Å². The van der Waals surface area contributed by atoms with E-state index in [1.807, 2.05) is 0 Å². The third kappa shape index (κ3) is 3.18. The number of rotatable bonds is 6. The number of benzene rings is 2. The summed E-state index contributed by atoms with van der Waals surface area (Å²) in [7, 11) is 0. The molecule has 140 valence electrons. The van der Waals surface area contributed by atoms with Crippen molar-refractivity contribution >= 4 is 17.1 Å². The first kappa shape index (κ1) is 17.3. The highest BCUT2D eigenvalue weighted by Crippen LogP contribution is 2.28. The largest absolute Gasteiger partial charge is 0.508 e. The molecule has 0 amide bonds. The predicted molar refractivity (Wildman–Crippen MR) is 105 cm³/mol. The number of hydrogen-bond donors (Lipinski definition) is 4. The Labute approximate surface area is 159 Å². The minimum atomic E-state index is -0.615. The van der Waals surface area contributed by atoms with Crippen molar-refractivity contribution in [1.29, 1.82) is 0 Å². The molecule has 4 N–H and O–H groups in total. The van der Waals surface area contributed by atoms with Gasteiger partial charge in [0.2, 0.25) is 0 Å². The van der Waals surface area contributed by atoms with Crippen LogP contribution in [0.5, 0.6) is 11.5 Å². The van der Waals surface area contributed by atoms with Crippen molar-refractivity contribution in [3.63, 3.8) is 0 Å². The van der Waals surface area contributed by atoms with E-state index in [9.17, 15) is 19.8 Å². The maximum absolute atomic E-state index is 12.0. The van der Waals surface area contributed by atoms with Gasteiger partial charge < -0.3 is 25.4 Å². The third-order valence-electron chi connectivity index (χ3n) is 4.32. The standard InChI is InChI=1S/C20H16N4O4/c25-14-3-1-2-12(8-14)10-22-17-18(20(28)19(17)27)23-13-4-5-16(26)15(9-13)24-7-6-21-11-24/h1-9,11,22-23,25-26H,10H2. The maximum Gasteiger partial charge on any atom is 0.253 e. The molecule has 1 aromatic heterocycles. The molecule has 8 nitrogen and oxygen atoms in total. The van der Waals surface area contributed by atoms with Crippen LogP contribution in [0, 0.1) is 0 Å². The van der Waals surface area contributed by atoms with Gasteiger partial charge in [0.05, 0.1) is 12.0 Å². The van der Waals surface area contributed by atoms with Crippen LogP contribution in [0.4, 0.5) is 17.1 Å². The Morgan fingerprint density at radius 2 is 1.82 bits per heavy atom. The van der Waals surface area contributed by atoms with Gasteiger partial charge >= 0.3 is 0 Å². The zero-order valence-electron chi connectivity index (χ0n) is 14.6. The van der Waals surface area contributed by atoms with Crippen LogP contribution >= 0.6 is 0 Å². The van der Waals surface area contributed by atoms with Gasteiger partial charge in [-0.2, -0.15) is 0 Å². The molecule has 0 fully saturated rings. The SMILES string of the molecule is O=c1c(NCc2cccc(O)c2)c(Nc2ccc(O)c(-n3ccnc3)c2)c1=O. The van der Waals surface area contributed by atoms with Crippen molar-refractivity contribution < 1.29 is 10.2 Å². The van der Waals surface area contributed by atoms with Crippen LogP contribution in [-0.2, 0) is 6.54 Å². The molecular weight excluding hydrogens is 360 g/mol. The number of aromatic nitrogens is 2. The number of anilines is 3. The normalized spacial score (nSPS) is 10.9. The lowest BCUT2D eigenvalue weighted by Crippen LogP contribution is -2.36. The zero-order chi connectivity index (χ0) is 19.7. The predicted octanol–water partition coefficient (Wildman–Crippen LogP) is 2.24. The minimum absolute atomic E-state index is 0.0516. The van der Waals surface area contributed by atoms with E-state index in [4.69, 9.17) is 0 Å². The monoisotopic (exact) mass is 376 g/mol. The Kier molecular flexibility index (Phi) is 4.29. The fourth-order valence-electron chi connectivity index (χ4n) is 2.89. The third-order valence-corrected chi connectivity index (χ3v) is 4.32. The van der Waals surface area contributed by atoms with Gasteiger partial charge in [-0.1, -0.05) is 12.1 Å². The average Bonchev–Trinajstić information content (AvgIpc) is 3.22. The Morgan fingerprint density at radius 3 is 2.57 bits per heavy atom. The summed E-state index contributed by atoms with van der Waals surface area (Å²) in [5, 5.41) is 25.4. The van der Waals surface area contributed by atoms with Crippen molar-refractivity contribution in [3.8, 4) is 17.2 Å². The number of aromatic hydroxyl groups is 2. The lowest BCUT2D eigenvalue weighted by molar-refractivity contribution is 0.472. The van der Waals surface area contributed by atoms with Crippen molar-refractivity contribution in [1.82, 2.24) is 9.55 Å². The van der Waals surface area contributed by atoms with Gasteiger partial charge in [0.25, 0.3) is 10.9 Å². The molecule has 0 aliphatic heterocycles. The Balaban J connectivity index is 1.56. The number of nitrogens with one attached hydrogen (secondary N) is 2. The Bertz CT molecular complexity index is 1210. The van der Waals surface area contributed by atoms with Crippen LogP contribution in [0.3, 0.4) is 0 Å². The van der Waals surface area contributed by atoms with Gasteiger partial charge in [0.1, 0.15) is 22.9 Å². The first-order valence-corrected chi connectivity index (χ1v) is 8.46. The van der Waals surface area contributed by atoms with E-state index < -0.39 is 10.9 Å². The molecule has 28 heavy (non-hydrogen) atoms. The molecule has 0 saturated heterocycles. The molecule has 0 saturated carbocycles. The summed E-state index contributed by atoms with van der Waals surface area (Å²) >= 11 is 0. The van der Waals surface area contributed by atoms with Gasteiger partial charge in [-0.05, 0) is 35.9 Å². The molecule has 0 aliphatic rings. The maximum atomic E-state index is 12.0. The number of phenolic OH excluding ortho intramolecular Hbond substituents is 2. The van der Waals surface area contributed by atoms with Gasteiger partial charge in [-0.25, -0.2) is 4.98 Å².